The average molecular weight is 388 g/mol. The molecule has 0 spiro atoms. The van der Waals surface area contributed by atoms with Crippen molar-refractivity contribution in [2.75, 3.05) is 0 Å². The summed E-state index contributed by atoms with van der Waals surface area (Å²) < 4.78 is 0. The molecule has 0 saturated carbocycles. The quantitative estimate of drug-likeness (QED) is 0.524. The monoisotopic (exact) mass is 387 g/mol. The lowest BCUT2D eigenvalue weighted by molar-refractivity contribution is 0.0952. The fourth-order valence-corrected chi connectivity index (χ4v) is 3.39. The fourth-order valence-electron chi connectivity index (χ4n) is 3.26. The smallest absolute Gasteiger partial charge is 0.252 e. The second-order valence-corrected chi connectivity index (χ2v) is 6.96. The van der Waals surface area contributed by atoms with Crippen molar-refractivity contribution in [3.05, 3.63) is 94.8 Å². The number of para-hydroxylation sites is 1. The van der Waals surface area contributed by atoms with Crippen molar-refractivity contribution in [1.29, 1.82) is 0 Å². The Bertz CT molecular complexity index is 1140. The summed E-state index contributed by atoms with van der Waals surface area (Å²) in [6.07, 6.45) is 3.43. The number of nitrogens with one attached hydrogen (secondary N) is 1. The molecular formula is C23H18ClN3O. The first-order valence-electron chi connectivity index (χ1n) is 8.96. The number of halogens is 1. The largest absolute Gasteiger partial charge is 0.348 e. The maximum atomic E-state index is 13.1. The number of hydrogen-bond acceptors (Lipinski definition) is 3. The van der Waals surface area contributed by atoms with Crippen LogP contribution >= 0.6 is 11.6 Å². The molecule has 0 aliphatic carbocycles. The molecule has 4 rings (SSSR count). The number of amides is 1. The highest BCUT2D eigenvalue weighted by Crippen LogP contribution is 2.30. The molecule has 1 N–H and O–H groups in total. The highest BCUT2D eigenvalue weighted by Gasteiger charge is 2.18. The van der Waals surface area contributed by atoms with Gasteiger partial charge in [-0.05, 0) is 48.4 Å². The number of benzene rings is 2. The summed E-state index contributed by atoms with van der Waals surface area (Å²) in [5.41, 5.74) is 4.97. The number of rotatable bonds is 4. The van der Waals surface area contributed by atoms with Crippen LogP contribution in [-0.4, -0.2) is 15.9 Å². The van der Waals surface area contributed by atoms with Gasteiger partial charge in [-0.25, -0.2) is 4.98 Å². The van der Waals surface area contributed by atoms with Crippen molar-refractivity contribution in [1.82, 2.24) is 15.3 Å². The van der Waals surface area contributed by atoms with Gasteiger partial charge in [0.2, 0.25) is 0 Å². The van der Waals surface area contributed by atoms with Crippen LogP contribution in [0, 0.1) is 6.92 Å². The molecule has 0 bridgehead atoms. The zero-order chi connectivity index (χ0) is 19.5. The van der Waals surface area contributed by atoms with Crippen LogP contribution in [0.3, 0.4) is 0 Å². The molecular weight excluding hydrogens is 370 g/mol. The van der Waals surface area contributed by atoms with Crippen molar-refractivity contribution >= 4 is 28.4 Å². The molecule has 0 aliphatic heterocycles. The van der Waals surface area contributed by atoms with E-state index in [-0.39, 0.29) is 5.91 Å². The number of nitrogens with zero attached hydrogens (tertiary/aromatic N) is 2. The van der Waals surface area contributed by atoms with E-state index in [4.69, 9.17) is 16.6 Å². The standard InChI is InChI=1S/C23H18ClN3O/c1-15-21(23(28)26-14-16-10-12-25-13-11-16)19-4-2-3-5-20(19)27-22(15)17-6-8-18(24)9-7-17/h2-13H,14H2,1H3,(H,26,28). The summed E-state index contributed by atoms with van der Waals surface area (Å²) in [6.45, 7) is 2.37. The zero-order valence-electron chi connectivity index (χ0n) is 15.3. The SMILES string of the molecule is Cc1c(-c2ccc(Cl)cc2)nc2ccccc2c1C(=O)NCc1ccncc1. The topological polar surface area (TPSA) is 54.9 Å². The predicted molar refractivity (Wildman–Crippen MR) is 112 cm³/mol. The van der Waals surface area contributed by atoms with Crippen LogP contribution in [0.25, 0.3) is 22.2 Å². The molecule has 138 valence electrons. The van der Waals surface area contributed by atoms with E-state index in [2.05, 4.69) is 10.3 Å². The molecule has 0 radical (unpaired) electrons. The van der Waals surface area contributed by atoms with Gasteiger partial charge in [-0.15, -0.1) is 0 Å². The summed E-state index contributed by atoms with van der Waals surface area (Å²) in [4.78, 5) is 21.9. The van der Waals surface area contributed by atoms with Gasteiger partial charge in [0.15, 0.2) is 0 Å². The summed E-state index contributed by atoms with van der Waals surface area (Å²) in [6, 6.07) is 19.0. The van der Waals surface area contributed by atoms with E-state index in [1.807, 2.05) is 67.6 Å². The molecule has 0 unspecified atom stereocenters. The van der Waals surface area contributed by atoms with Crippen molar-refractivity contribution in [2.24, 2.45) is 0 Å². The zero-order valence-corrected chi connectivity index (χ0v) is 16.1. The van der Waals surface area contributed by atoms with Crippen molar-refractivity contribution < 1.29 is 4.79 Å². The minimum Gasteiger partial charge on any atom is -0.348 e. The lowest BCUT2D eigenvalue weighted by Gasteiger charge is -2.15. The van der Waals surface area contributed by atoms with Crippen molar-refractivity contribution in [3.8, 4) is 11.3 Å². The first-order valence-corrected chi connectivity index (χ1v) is 9.33. The molecule has 28 heavy (non-hydrogen) atoms. The normalized spacial score (nSPS) is 10.8. The molecule has 5 heteroatoms. The minimum absolute atomic E-state index is 0.122. The third-order valence-electron chi connectivity index (χ3n) is 4.68. The Morgan fingerprint density at radius 2 is 1.71 bits per heavy atom. The molecule has 1 amide bonds. The van der Waals surface area contributed by atoms with Crippen LogP contribution in [0.4, 0.5) is 0 Å². The third kappa shape index (κ3) is 3.59. The van der Waals surface area contributed by atoms with Crippen LogP contribution in [0.2, 0.25) is 5.02 Å². The van der Waals surface area contributed by atoms with Crippen molar-refractivity contribution in [2.45, 2.75) is 13.5 Å². The maximum Gasteiger partial charge on any atom is 0.252 e. The van der Waals surface area contributed by atoms with Gasteiger partial charge in [-0.1, -0.05) is 41.9 Å². The predicted octanol–water partition coefficient (Wildman–Crippen LogP) is 5.19. The molecule has 2 aromatic heterocycles. The lowest BCUT2D eigenvalue weighted by Crippen LogP contribution is -2.24. The van der Waals surface area contributed by atoms with Crippen LogP contribution in [0.1, 0.15) is 21.5 Å². The van der Waals surface area contributed by atoms with E-state index in [1.54, 1.807) is 12.4 Å². The van der Waals surface area contributed by atoms with Crippen LogP contribution in [0.15, 0.2) is 73.1 Å². The number of aromatic nitrogens is 2. The van der Waals surface area contributed by atoms with Gasteiger partial charge in [0, 0.05) is 34.9 Å². The Kier molecular flexibility index (Phi) is 5.04. The molecule has 4 nitrogen and oxygen atoms in total. The number of pyridine rings is 2. The second kappa shape index (κ2) is 7.79. The molecule has 2 aromatic carbocycles. The molecule has 2 heterocycles. The fraction of sp³-hybridized carbons (Fsp3) is 0.0870. The number of hydrogen-bond donors (Lipinski definition) is 1. The lowest BCUT2D eigenvalue weighted by atomic mass is 9.97. The number of carbonyl (C=O) groups is 1. The van der Waals surface area contributed by atoms with Gasteiger partial charge in [0.05, 0.1) is 16.8 Å². The third-order valence-corrected chi connectivity index (χ3v) is 4.93. The Balaban J connectivity index is 1.78. The van der Waals surface area contributed by atoms with E-state index in [0.717, 1.165) is 33.3 Å². The Morgan fingerprint density at radius 3 is 2.46 bits per heavy atom. The Labute approximate surface area is 168 Å². The maximum absolute atomic E-state index is 13.1. The second-order valence-electron chi connectivity index (χ2n) is 6.52. The van der Waals surface area contributed by atoms with E-state index >= 15 is 0 Å². The van der Waals surface area contributed by atoms with Gasteiger partial charge in [0.1, 0.15) is 0 Å². The van der Waals surface area contributed by atoms with Gasteiger partial charge < -0.3 is 5.32 Å². The van der Waals surface area contributed by atoms with E-state index in [0.29, 0.717) is 17.1 Å². The van der Waals surface area contributed by atoms with Gasteiger partial charge >= 0.3 is 0 Å². The first-order chi connectivity index (χ1) is 13.6. The van der Waals surface area contributed by atoms with Gasteiger partial charge in [-0.2, -0.15) is 0 Å². The minimum atomic E-state index is -0.122. The van der Waals surface area contributed by atoms with Gasteiger partial charge in [-0.3, -0.25) is 9.78 Å². The highest BCUT2D eigenvalue weighted by atomic mass is 35.5. The Hall–Kier alpha value is -3.24. The number of carbonyl (C=O) groups excluding carboxylic acids is 1. The summed E-state index contributed by atoms with van der Waals surface area (Å²) in [5.74, 6) is -0.122. The van der Waals surface area contributed by atoms with Crippen molar-refractivity contribution in [3.63, 3.8) is 0 Å². The summed E-state index contributed by atoms with van der Waals surface area (Å²) >= 11 is 6.03. The number of fused-ring (bicyclic) bond motifs is 1. The van der Waals surface area contributed by atoms with E-state index < -0.39 is 0 Å². The first kappa shape index (κ1) is 18.1. The Morgan fingerprint density at radius 1 is 1.00 bits per heavy atom. The van der Waals surface area contributed by atoms with Crippen LogP contribution in [0.5, 0.6) is 0 Å². The van der Waals surface area contributed by atoms with E-state index in [1.165, 1.54) is 0 Å². The van der Waals surface area contributed by atoms with Gasteiger partial charge in [0.25, 0.3) is 5.91 Å². The van der Waals surface area contributed by atoms with E-state index in [9.17, 15) is 4.79 Å². The van der Waals surface area contributed by atoms with Crippen LogP contribution in [-0.2, 0) is 6.54 Å². The molecule has 0 aliphatic rings. The molecule has 4 aromatic rings. The summed E-state index contributed by atoms with van der Waals surface area (Å²) in [5, 5.41) is 4.52. The highest BCUT2D eigenvalue weighted by molar-refractivity contribution is 6.30. The summed E-state index contributed by atoms with van der Waals surface area (Å²) in [7, 11) is 0. The average Bonchev–Trinajstić information content (AvgIpc) is 2.73. The van der Waals surface area contributed by atoms with Crippen LogP contribution < -0.4 is 5.32 Å². The molecule has 0 saturated heterocycles. The molecule has 0 fully saturated rings. The molecule has 0 atom stereocenters.